The van der Waals surface area contributed by atoms with Gasteiger partial charge in [0.15, 0.2) is 6.61 Å². The Labute approximate surface area is 126 Å². The van der Waals surface area contributed by atoms with Crippen molar-refractivity contribution in [2.45, 2.75) is 13.3 Å². The fraction of sp³-hybridized carbons (Fsp3) is 0.200. The Morgan fingerprint density at radius 2 is 2.24 bits per heavy atom. The van der Waals surface area contributed by atoms with Crippen LogP contribution in [0.1, 0.15) is 18.2 Å². The van der Waals surface area contributed by atoms with E-state index >= 15 is 0 Å². The van der Waals surface area contributed by atoms with Gasteiger partial charge in [0.1, 0.15) is 11.6 Å². The third kappa shape index (κ3) is 4.68. The predicted octanol–water partition coefficient (Wildman–Crippen LogP) is 3.20. The van der Waals surface area contributed by atoms with Crippen LogP contribution in [0.25, 0.3) is 0 Å². The molecule has 110 valence electrons. The van der Waals surface area contributed by atoms with E-state index in [1.165, 1.54) is 18.2 Å². The Hall–Kier alpha value is -2.21. The maximum Gasteiger partial charge on any atom is 0.277 e. The number of halogens is 1. The maximum atomic E-state index is 12.9. The summed E-state index contributed by atoms with van der Waals surface area (Å²) in [4.78, 5) is 12.7. The van der Waals surface area contributed by atoms with Gasteiger partial charge in [-0.2, -0.15) is 5.10 Å². The molecule has 0 saturated heterocycles. The predicted molar refractivity (Wildman–Crippen MR) is 81.2 cm³/mol. The molecule has 0 aliphatic rings. The summed E-state index contributed by atoms with van der Waals surface area (Å²) in [5, 5.41) is 6.04. The highest BCUT2D eigenvalue weighted by Gasteiger charge is 2.05. The topological polar surface area (TPSA) is 50.7 Å². The highest BCUT2D eigenvalue weighted by molar-refractivity contribution is 7.12. The van der Waals surface area contributed by atoms with Crippen LogP contribution in [0.5, 0.6) is 5.75 Å². The first-order valence-electron chi connectivity index (χ1n) is 6.46. The lowest BCUT2D eigenvalue weighted by Crippen LogP contribution is -2.25. The number of nitrogens with zero attached hydrogens (tertiary/aromatic N) is 1. The van der Waals surface area contributed by atoms with E-state index in [2.05, 4.69) is 10.5 Å². The molecule has 1 aromatic heterocycles. The van der Waals surface area contributed by atoms with Crippen LogP contribution in [0.15, 0.2) is 46.9 Å². The number of rotatable bonds is 6. The summed E-state index contributed by atoms with van der Waals surface area (Å²) in [6, 6.07) is 9.52. The van der Waals surface area contributed by atoms with Crippen molar-refractivity contribution < 1.29 is 13.9 Å². The lowest BCUT2D eigenvalue weighted by molar-refractivity contribution is -0.123. The summed E-state index contributed by atoms with van der Waals surface area (Å²) >= 11 is 1.56. The fourth-order valence-corrected chi connectivity index (χ4v) is 2.41. The first-order chi connectivity index (χ1) is 10.2. The first kappa shape index (κ1) is 15.2. The Balaban J connectivity index is 1.87. The second-order valence-corrected chi connectivity index (χ2v) is 5.12. The molecule has 0 bridgehead atoms. The fourth-order valence-electron chi connectivity index (χ4n) is 1.62. The highest BCUT2D eigenvalue weighted by atomic mass is 32.1. The van der Waals surface area contributed by atoms with Gasteiger partial charge >= 0.3 is 0 Å². The molecule has 1 N–H and O–H groups in total. The second kappa shape index (κ2) is 7.54. The van der Waals surface area contributed by atoms with Crippen molar-refractivity contribution in [3.63, 3.8) is 0 Å². The van der Waals surface area contributed by atoms with E-state index in [1.54, 1.807) is 17.4 Å². The normalized spacial score (nSPS) is 11.2. The van der Waals surface area contributed by atoms with Gasteiger partial charge in [0.05, 0.1) is 10.6 Å². The first-order valence-corrected chi connectivity index (χ1v) is 7.34. The number of ether oxygens (including phenoxy) is 1. The molecule has 0 unspecified atom stereocenters. The number of benzene rings is 1. The van der Waals surface area contributed by atoms with Crippen molar-refractivity contribution in [3.8, 4) is 5.75 Å². The minimum Gasteiger partial charge on any atom is -0.484 e. The van der Waals surface area contributed by atoms with Crippen molar-refractivity contribution in [1.82, 2.24) is 5.43 Å². The zero-order chi connectivity index (χ0) is 15.1. The molecular formula is C15H15FN2O2S. The number of carbonyl (C=O) groups is 1. The van der Waals surface area contributed by atoms with E-state index in [4.69, 9.17) is 4.74 Å². The highest BCUT2D eigenvalue weighted by Crippen LogP contribution is 2.12. The zero-order valence-corrected chi connectivity index (χ0v) is 12.3. The Bertz CT molecular complexity index is 626. The molecular weight excluding hydrogens is 291 g/mol. The molecule has 0 radical (unpaired) electrons. The molecule has 0 saturated carbocycles. The van der Waals surface area contributed by atoms with Gasteiger partial charge in [-0.25, -0.2) is 9.82 Å². The van der Waals surface area contributed by atoms with E-state index in [0.29, 0.717) is 12.2 Å². The van der Waals surface area contributed by atoms with Crippen molar-refractivity contribution in [2.24, 2.45) is 5.10 Å². The lowest BCUT2D eigenvalue weighted by atomic mass is 10.2. The van der Waals surface area contributed by atoms with Crippen LogP contribution < -0.4 is 10.2 Å². The number of nitrogens with one attached hydrogen (secondary N) is 1. The summed E-state index contributed by atoms with van der Waals surface area (Å²) in [5.41, 5.74) is 3.25. The van der Waals surface area contributed by atoms with Crippen molar-refractivity contribution in [1.29, 1.82) is 0 Å². The van der Waals surface area contributed by atoms with Crippen molar-refractivity contribution >= 4 is 23.0 Å². The Kier molecular flexibility index (Phi) is 5.45. The number of amides is 1. The number of hydrogen-bond donors (Lipinski definition) is 1. The molecule has 1 heterocycles. The van der Waals surface area contributed by atoms with Crippen LogP contribution in [-0.2, 0) is 4.79 Å². The smallest absolute Gasteiger partial charge is 0.277 e. The van der Waals surface area contributed by atoms with E-state index in [9.17, 15) is 9.18 Å². The zero-order valence-electron chi connectivity index (χ0n) is 11.5. The Morgan fingerprint density at radius 1 is 1.38 bits per heavy atom. The number of thiophene rings is 1. The van der Waals surface area contributed by atoms with Crippen LogP contribution in [0, 0.1) is 5.82 Å². The van der Waals surface area contributed by atoms with Gasteiger partial charge in [0.25, 0.3) is 5.91 Å². The standard InChI is InChI=1S/C15H15FN2O2S/c1-2-13(14-7-4-8-21-14)17-18-15(19)10-20-12-6-3-5-11(16)9-12/h3-9H,2,10H2,1H3,(H,18,19)/b17-13-. The largest absolute Gasteiger partial charge is 0.484 e. The van der Waals surface area contributed by atoms with Gasteiger partial charge in [-0.1, -0.05) is 19.1 Å². The minimum atomic E-state index is -0.406. The molecule has 0 fully saturated rings. The molecule has 0 aliphatic heterocycles. The molecule has 4 nitrogen and oxygen atoms in total. The number of hydrogen-bond acceptors (Lipinski definition) is 4. The molecule has 21 heavy (non-hydrogen) atoms. The Morgan fingerprint density at radius 3 is 2.90 bits per heavy atom. The molecule has 6 heteroatoms. The summed E-state index contributed by atoms with van der Waals surface area (Å²) in [6.07, 6.45) is 0.714. The second-order valence-electron chi connectivity index (χ2n) is 4.17. The van der Waals surface area contributed by atoms with Crippen molar-refractivity contribution in [3.05, 3.63) is 52.5 Å². The lowest BCUT2D eigenvalue weighted by Gasteiger charge is -2.06. The third-order valence-corrected chi connectivity index (χ3v) is 3.54. The number of hydrazone groups is 1. The average molecular weight is 306 g/mol. The summed E-state index contributed by atoms with van der Waals surface area (Å²) in [5.74, 6) is -0.484. The van der Waals surface area contributed by atoms with Gasteiger partial charge in [-0.15, -0.1) is 11.3 Å². The quantitative estimate of drug-likeness (QED) is 0.658. The minimum absolute atomic E-state index is 0.214. The van der Waals surface area contributed by atoms with E-state index in [1.807, 2.05) is 24.4 Å². The molecule has 0 aliphatic carbocycles. The van der Waals surface area contributed by atoms with Gasteiger partial charge < -0.3 is 4.74 Å². The van der Waals surface area contributed by atoms with Crippen LogP contribution in [0.4, 0.5) is 4.39 Å². The molecule has 0 atom stereocenters. The summed E-state index contributed by atoms with van der Waals surface area (Å²) in [6.45, 7) is 1.75. The van der Waals surface area contributed by atoms with E-state index in [0.717, 1.165) is 10.6 Å². The molecule has 1 amide bonds. The SMILES string of the molecule is CC/C(=N/NC(=O)COc1cccc(F)c1)c1cccs1. The maximum absolute atomic E-state index is 12.9. The summed E-state index contributed by atoms with van der Waals surface area (Å²) in [7, 11) is 0. The van der Waals surface area contributed by atoms with Crippen LogP contribution in [0.2, 0.25) is 0 Å². The third-order valence-electron chi connectivity index (χ3n) is 2.62. The van der Waals surface area contributed by atoms with Crippen LogP contribution in [-0.4, -0.2) is 18.2 Å². The van der Waals surface area contributed by atoms with Gasteiger partial charge in [0.2, 0.25) is 0 Å². The van der Waals surface area contributed by atoms with Gasteiger partial charge in [0, 0.05) is 6.07 Å². The monoisotopic (exact) mass is 306 g/mol. The molecule has 2 aromatic rings. The van der Waals surface area contributed by atoms with Crippen LogP contribution >= 0.6 is 11.3 Å². The number of carbonyl (C=O) groups excluding carboxylic acids is 1. The molecule has 1 aromatic carbocycles. The average Bonchev–Trinajstić information content (AvgIpc) is 3.00. The summed E-state index contributed by atoms with van der Waals surface area (Å²) < 4.78 is 18.1. The molecule has 2 rings (SSSR count). The van der Waals surface area contributed by atoms with Crippen LogP contribution in [0.3, 0.4) is 0 Å². The van der Waals surface area contributed by atoms with Gasteiger partial charge in [-0.05, 0) is 30.0 Å². The van der Waals surface area contributed by atoms with Gasteiger partial charge in [-0.3, -0.25) is 4.79 Å². The van der Waals surface area contributed by atoms with E-state index in [-0.39, 0.29) is 12.5 Å². The molecule has 0 spiro atoms. The van der Waals surface area contributed by atoms with Crippen molar-refractivity contribution in [2.75, 3.05) is 6.61 Å². The van der Waals surface area contributed by atoms with E-state index < -0.39 is 5.82 Å².